The van der Waals surface area contributed by atoms with Gasteiger partial charge in [0.1, 0.15) is 11.2 Å². The number of carbonyl (C=O) groups excluding carboxylic acids is 2. The molecule has 2 aliphatic rings. The van der Waals surface area contributed by atoms with E-state index in [1.807, 2.05) is 6.07 Å². The summed E-state index contributed by atoms with van der Waals surface area (Å²) >= 11 is 12.2. The number of amides is 1. The van der Waals surface area contributed by atoms with E-state index >= 15 is 0 Å². The lowest BCUT2D eigenvalue weighted by molar-refractivity contribution is -0.348. The molecule has 22 heteroatoms. The lowest BCUT2D eigenvalue weighted by atomic mass is 9.82. The summed E-state index contributed by atoms with van der Waals surface area (Å²) in [5, 5.41) is 21.5. The number of hydrogen-bond donors (Lipinski definition) is 1. The third kappa shape index (κ3) is 8.27. The molecular formula is C33H24Cl2F10N4O6. The van der Waals surface area contributed by atoms with Gasteiger partial charge in [0.25, 0.3) is 5.91 Å². The second-order valence-electron chi connectivity index (χ2n) is 12.7. The summed E-state index contributed by atoms with van der Waals surface area (Å²) < 4.78 is 145. The molecule has 1 N–H and O–H groups in total. The Hall–Kier alpha value is -4.77. The summed E-state index contributed by atoms with van der Waals surface area (Å²) in [7, 11) is 0. The van der Waals surface area contributed by atoms with Crippen molar-refractivity contribution in [2.75, 3.05) is 6.73 Å². The summed E-state index contributed by atoms with van der Waals surface area (Å²) in [4.78, 5) is 39.0. The van der Waals surface area contributed by atoms with Crippen molar-refractivity contribution in [2.45, 2.75) is 68.4 Å². The molecule has 2 aromatic carbocycles. The molecule has 0 bridgehead atoms. The topological polar surface area (TPSA) is 135 Å². The average molecular weight is 833 g/mol. The van der Waals surface area contributed by atoms with Gasteiger partial charge in [0.05, 0.1) is 39.7 Å². The Morgan fingerprint density at radius 3 is 2.04 bits per heavy atom. The van der Waals surface area contributed by atoms with Gasteiger partial charge < -0.3 is 14.6 Å². The number of carboxylic acid groups (broad SMARTS) is 1. The summed E-state index contributed by atoms with van der Waals surface area (Å²) in [5.41, 5.74) is -11.2. The molecule has 3 aromatic rings. The fourth-order valence-corrected chi connectivity index (χ4v) is 6.55. The van der Waals surface area contributed by atoms with Crippen LogP contribution in [0.3, 0.4) is 0 Å². The van der Waals surface area contributed by atoms with Gasteiger partial charge >= 0.3 is 36.3 Å². The highest BCUT2D eigenvalue weighted by atomic mass is 35.5. The quantitative estimate of drug-likeness (QED) is 0.122. The van der Waals surface area contributed by atoms with Crippen molar-refractivity contribution in [2.24, 2.45) is 11.8 Å². The zero-order valence-corrected chi connectivity index (χ0v) is 29.0. The maximum absolute atomic E-state index is 14.8. The maximum Gasteiger partial charge on any atom is 0.573 e. The van der Waals surface area contributed by atoms with Crippen LogP contribution < -0.4 is 4.74 Å². The lowest BCUT2D eigenvalue weighted by Crippen LogP contribution is -2.50. The number of nitrogens with zero attached hydrogens (tertiary/aromatic N) is 4. The van der Waals surface area contributed by atoms with Crippen LogP contribution in [0, 0.1) is 23.2 Å². The number of aliphatic carboxylic acids is 1. The number of ether oxygens (including phenoxy) is 2. The standard InChI is InChI=1S/C33H24Cl2F10N4O6/c34-22-6-5-18(9-21(22)26(50)48(29(14-46)7-8-29)15-54-28(53)17-3-1-16(2-4-17)27(51)52)19-12-47-49(13-19)25-23(35)10-20(11-24(25)55-33(43,44)45)30(36,31(37,38)39)32(40,41)42/h5-6,9-13,16-17H,1-4,7-8,15H2,(H,51,52)/t16-,17-. The first-order chi connectivity index (χ1) is 25.4. The van der Waals surface area contributed by atoms with E-state index < -0.39 is 94.4 Å². The molecule has 0 saturated heterocycles. The summed E-state index contributed by atoms with van der Waals surface area (Å²) in [5.74, 6) is -5.61. The van der Waals surface area contributed by atoms with Crippen LogP contribution in [-0.2, 0) is 20.0 Å². The molecule has 5 rings (SSSR count). The van der Waals surface area contributed by atoms with Gasteiger partial charge in [0.15, 0.2) is 12.5 Å². The number of carboxylic acids is 1. The highest BCUT2D eigenvalue weighted by Gasteiger charge is 2.73. The first-order valence-corrected chi connectivity index (χ1v) is 16.6. The number of hydrogen-bond acceptors (Lipinski definition) is 7. The molecule has 1 aromatic heterocycles. The Balaban J connectivity index is 1.46. The van der Waals surface area contributed by atoms with Gasteiger partial charge in [-0.25, -0.2) is 9.07 Å². The predicted molar refractivity (Wildman–Crippen MR) is 168 cm³/mol. The molecule has 296 valence electrons. The first kappa shape index (κ1) is 41.4. The Morgan fingerprint density at radius 2 is 1.51 bits per heavy atom. The van der Waals surface area contributed by atoms with Crippen LogP contribution in [0.4, 0.5) is 43.9 Å². The zero-order valence-electron chi connectivity index (χ0n) is 27.5. The van der Waals surface area contributed by atoms with Gasteiger partial charge in [-0.1, -0.05) is 29.3 Å². The highest BCUT2D eigenvalue weighted by molar-refractivity contribution is 6.34. The number of halogens is 12. The third-order valence-electron chi connectivity index (χ3n) is 9.21. The SMILES string of the molecule is N#CC1(N(COC(=O)[C@H]2CC[C@H](C(=O)O)CC2)C(=O)c2cc(-c3cnn(-c4c(Cl)cc(C(F)(C(F)(F)F)C(F)(F)F)cc4OC(F)(F)F)c3)ccc2Cl)CC1. The molecule has 1 heterocycles. The molecule has 55 heavy (non-hydrogen) atoms. The van der Waals surface area contributed by atoms with Crippen LogP contribution in [0.1, 0.15) is 54.4 Å². The normalized spacial score (nSPS) is 18.6. The lowest BCUT2D eigenvalue weighted by Gasteiger charge is -2.31. The molecule has 0 radical (unpaired) electrons. The van der Waals surface area contributed by atoms with Gasteiger partial charge in [-0.15, -0.1) is 13.2 Å². The number of rotatable bonds is 10. The van der Waals surface area contributed by atoms with Crippen LogP contribution in [-0.4, -0.2) is 68.6 Å². The van der Waals surface area contributed by atoms with Gasteiger partial charge in [-0.05, 0) is 68.4 Å². The van der Waals surface area contributed by atoms with Crippen molar-refractivity contribution in [3.05, 3.63) is 63.9 Å². The molecule has 2 aliphatic carbocycles. The fraction of sp³-hybridized carbons (Fsp3) is 0.424. The molecule has 0 spiro atoms. The fourth-order valence-electron chi connectivity index (χ4n) is 6.05. The molecule has 1 amide bonds. The molecule has 0 unspecified atom stereocenters. The minimum Gasteiger partial charge on any atom is -0.481 e. The van der Waals surface area contributed by atoms with Crippen LogP contribution in [0.25, 0.3) is 16.8 Å². The van der Waals surface area contributed by atoms with Crippen LogP contribution >= 0.6 is 23.2 Å². The molecule has 0 atom stereocenters. The largest absolute Gasteiger partial charge is 0.573 e. The van der Waals surface area contributed by atoms with Crippen molar-refractivity contribution < 1.29 is 72.9 Å². The van der Waals surface area contributed by atoms with E-state index in [0.29, 0.717) is 4.68 Å². The molecule has 2 fully saturated rings. The maximum atomic E-state index is 14.8. The van der Waals surface area contributed by atoms with Crippen molar-refractivity contribution in [1.29, 1.82) is 5.26 Å². The van der Waals surface area contributed by atoms with E-state index in [-0.39, 0.29) is 66.3 Å². The van der Waals surface area contributed by atoms with Gasteiger partial charge in [0, 0.05) is 17.3 Å². The number of esters is 1. The second kappa shape index (κ2) is 14.7. The number of benzene rings is 2. The molecule has 10 nitrogen and oxygen atoms in total. The second-order valence-corrected chi connectivity index (χ2v) is 13.5. The first-order valence-electron chi connectivity index (χ1n) is 15.8. The van der Waals surface area contributed by atoms with Gasteiger partial charge in [-0.3, -0.25) is 19.3 Å². The van der Waals surface area contributed by atoms with Crippen molar-refractivity contribution in [1.82, 2.24) is 14.7 Å². The Labute approximate surface area is 313 Å². The van der Waals surface area contributed by atoms with E-state index in [1.165, 1.54) is 18.2 Å². The van der Waals surface area contributed by atoms with E-state index in [0.717, 1.165) is 17.3 Å². The minimum atomic E-state index is -6.69. The number of alkyl halides is 10. The smallest absolute Gasteiger partial charge is 0.481 e. The molecular weight excluding hydrogens is 809 g/mol. The Morgan fingerprint density at radius 1 is 0.909 bits per heavy atom. The zero-order chi connectivity index (χ0) is 40.9. The van der Waals surface area contributed by atoms with E-state index in [4.69, 9.17) is 27.9 Å². The summed E-state index contributed by atoms with van der Waals surface area (Å²) in [6, 6.07) is 5.07. The number of aromatic nitrogens is 2. The number of nitriles is 1. The Kier molecular flexibility index (Phi) is 11.1. The van der Waals surface area contributed by atoms with E-state index in [9.17, 15) is 68.7 Å². The highest BCUT2D eigenvalue weighted by Crippen LogP contribution is 2.55. The van der Waals surface area contributed by atoms with Crippen molar-refractivity contribution in [3.63, 3.8) is 0 Å². The number of carbonyl (C=O) groups is 3. The van der Waals surface area contributed by atoms with Crippen LogP contribution in [0.5, 0.6) is 5.75 Å². The minimum absolute atomic E-state index is 0.0365. The van der Waals surface area contributed by atoms with Gasteiger partial charge in [0.2, 0.25) is 0 Å². The summed E-state index contributed by atoms with van der Waals surface area (Å²) in [6.07, 6.45) is -15.9. The van der Waals surface area contributed by atoms with E-state index in [2.05, 4.69) is 9.84 Å². The Bertz CT molecular complexity index is 2020. The monoisotopic (exact) mass is 832 g/mol. The van der Waals surface area contributed by atoms with E-state index in [1.54, 1.807) is 0 Å². The van der Waals surface area contributed by atoms with Crippen molar-refractivity contribution >= 4 is 41.0 Å². The van der Waals surface area contributed by atoms with Crippen LogP contribution in [0.15, 0.2) is 42.7 Å². The van der Waals surface area contributed by atoms with Crippen LogP contribution in [0.2, 0.25) is 10.0 Å². The van der Waals surface area contributed by atoms with Crippen molar-refractivity contribution in [3.8, 4) is 28.6 Å². The molecule has 0 aliphatic heterocycles. The summed E-state index contributed by atoms with van der Waals surface area (Å²) in [6.45, 7) is -0.679. The average Bonchev–Trinajstić information content (AvgIpc) is 3.73. The van der Waals surface area contributed by atoms with Gasteiger partial charge in [-0.2, -0.15) is 36.7 Å². The third-order valence-corrected chi connectivity index (χ3v) is 9.83. The predicted octanol–water partition coefficient (Wildman–Crippen LogP) is 8.92. The molecule has 2 saturated carbocycles.